The number of ether oxygens (including phenoxy) is 2. The van der Waals surface area contributed by atoms with Crippen molar-refractivity contribution in [2.45, 2.75) is 33.1 Å². The van der Waals surface area contributed by atoms with Gasteiger partial charge in [0, 0.05) is 12.1 Å². The quantitative estimate of drug-likeness (QED) is 0.831. The molecule has 0 amide bonds. The molecule has 88 valence electrons. The molecule has 1 N–H and O–H groups in total. The lowest BCUT2D eigenvalue weighted by molar-refractivity contribution is 0.0516. The van der Waals surface area contributed by atoms with Gasteiger partial charge in [-0.15, -0.1) is 0 Å². The van der Waals surface area contributed by atoms with Crippen LogP contribution in [0.2, 0.25) is 0 Å². The van der Waals surface area contributed by atoms with Crippen molar-refractivity contribution in [1.29, 1.82) is 0 Å². The summed E-state index contributed by atoms with van der Waals surface area (Å²) in [6.45, 7) is 7.08. The SMILES string of the molecule is COc1cc(C)c(C)cc1C1CNC(C)O1. The van der Waals surface area contributed by atoms with E-state index in [0.29, 0.717) is 0 Å². The maximum Gasteiger partial charge on any atom is 0.125 e. The summed E-state index contributed by atoms with van der Waals surface area (Å²) in [6, 6.07) is 4.25. The Morgan fingerprint density at radius 2 is 2.00 bits per heavy atom. The first-order valence-electron chi connectivity index (χ1n) is 5.65. The van der Waals surface area contributed by atoms with E-state index in [1.807, 2.05) is 6.92 Å². The van der Waals surface area contributed by atoms with Crippen LogP contribution in [-0.2, 0) is 4.74 Å². The number of rotatable bonds is 2. The van der Waals surface area contributed by atoms with Gasteiger partial charge >= 0.3 is 0 Å². The number of hydrogen-bond acceptors (Lipinski definition) is 3. The smallest absolute Gasteiger partial charge is 0.125 e. The highest BCUT2D eigenvalue weighted by atomic mass is 16.5. The normalized spacial score (nSPS) is 24.8. The van der Waals surface area contributed by atoms with Gasteiger partial charge < -0.3 is 9.47 Å². The van der Waals surface area contributed by atoms with Gasteiger partial charge in [-0.1, -0.05) is 0 Å². The highest BCUT2D eigenvalue weighted by Gasteiger charge is 2.25. The van der Waals surface area contributed by atoms with Gasteiger partial charge in [0.2, 0.25) is 0 Å². The summed E-state index contributed by atoms with van der Waals surface area (Å²) in [5, 5.41) is 3.28. The molecule has 2 rings (SSSR count). The van der Waals surface area contributed by atoms with Gasteiger partial charge in [-0.25, -0.2) is 0 Å². The topological polar surface area (TPSA) is 30.5 Å². The largest absolute Gasteiger partial charge is 0.496 e. The van der Waals surface area contributed by atoms with Crippen LogP contribution in [0.15, 0.2) is 12.1 Å². The Bertz CT molecular complexity index is 390. The summed E-state index contributed by atoms with van der Waals surface area (Å²) in [5.41, 5.74) is 3.67. The number of benzene rings is 1. The van der Waals surface area contributed by atoms with Gasteiger partial charge in [0.15, 0.2) is 0 Å². The van der Waals surface area contributed by atoms with E-state index in [1.165, 1.54) is 11.1 Å². The predicted molar refractivity (Wildman–Crippen MR) is 63.8 cm³/mol. The van der Waals surface area contributed by atoms with E-state index in [1.54, 1.807) is 7.11 Å². The lowest BCUT2D eigenvalue weighted by Crippen LogP contribution is -2.17. The summed E-state index contributed by atoms with van der Waals surface area (Å²) < 4.78 is 11.2. The number of aryl methyl sites for hydroxylation is 2. The maximum atomic E-state index is 5.79. The van der Waals surface area contributed by atoms with E-state index in [2.05, 4.69) is 31.3 Å². The Morgan fingerprint density at radius 1 is 1.31 bits per heavy atom. The second-order valence-electron chi connectivity index (χ2n) is 4.35. The first kappa shape index (κ1) is 11.4. The van der Waals surface area contributed by atoms with Crippen molar-refractivity contribution in [2.24, 2.45) is 0 Å². The van der Waals surface area contributed by atoms with Gasteiger partial charge in [-0.05, 0) is 44.0 Å². The van der Waals surface area contributed by atoms with Crippen LogP contribution in [0.5, 0.6) is 5.75 Å². The summed E-state index contributed by atoms with van der Waals surface area (Å²) in [7, 11) is 1.71. The molecule has 1 aromatic carbocycles. The highest BCUT2D eigenvalue weighted by Crippen LogP contribution is 2.32. The highest BCUT2D eigenvalue weighted by molar-refractivity contribution is 5.43. The van der Waals surface area contributed by atoms with Crippen molar-refractivity contribution < 1.29 is 9.47 Å². The molecule has 3 nitrogen and oxygen atoms in total. The van der Waals surface area contributed by atoms with Gasteiger partial charge in [0.05, 0.1) is 7.11 Å². The first-order valence-corrected chi connectivity index (χ1v) is 5.65. The van der Waals surface area contributed by atoms with Gasteiger partial charge in [-0.3, -0.25) is 5.32 Å². The number of nitrogens with one attached hydrogen (secondary N) is 1. The molecule has 1 saturated heterocycles. The van der Waals surface area contributed by atoms with E-state index in [0.717, 1.165) is 17.9 Å². The van der Waals surface area contributed by atoms with E-state index < -0.39 is 0 Å². The van der Waals surface area contributed by atoms with Crippen LogP contribution in [-0.4, -0.2) is 19.9 Å². The van der Waals surface area contributed by atoms with Crippen LogP contribution in [0.3, 0.4) is 0 Å². The molecule has 0 aliphatic carbocycles. The third-order valence-corrected chi connectivity index (χ3v) is 3.15. The third-order valence-electron chi connectivity index (χ3n) is 3.15. The fourth-order valence-electron chi connectivity index (χ4n) is 2.04. The average molecular weight is 221 g/mol. The zero-order chi connectivity index (χ0) is 11.7. The van der Waals surface area contributed by atoms with Crippen LogP contribution >= 0.6 is 0 Å². The minimum absolute atomic E-state index is 0.101. The molecule has 0 aromatic heterocycles. The zero-order valence-electron chi connectivity index (χ0n) is 10.3. The minimum Gasteiger partial charge on any atom is -0.496 e. The molecule has 0 bridgehead atoms. The Balaban J connectivity index is 2.35. The lowest BCUT2D eigenvalue weighted by atomic mass is 10.0. The van der Waals surface area contributed by atoms with Crippen molar-refractivity contribution in [3.63, 3.8) is 0 Å². The molecule has 0 saturated carbocycles. The molecule has 1 heterocycles. The summed E-state index contributed by atoms with van der Waals surface area (Å²) in [6.07, 6.45) is 0.223. The monoisotopic (exact) mass is 221 g/mol. The fraction of sp³-hybridized carbons (Fsp3) is 0.538. The van der Waals surface area contributed by atoms with Crippen molar-refractivity contribution in [3.05, 3.63) is 28.8 Å². The molecule has 16 heavy (non-hydrogen) atoms. The Hall–Kier alpha value is -1.06. The standard InChI is InChI=1S/C13H19NO2/c1-8-5-11(12(15-4)6-9(8)2)13-7-14-10(3)16-13/h5-6,10,13-14H,7H2,1-4H3. The van der Waals surface area contributed by atoms with E-state index >= 15 is 0 Å². The number of methoxy groups -OCH3 is 1. The summed E-state index contributed by atoms with van der Waals surface area (Å²) in [5.74, 6) is 0.920. The van der Waals surface area contributed by atoms with E-state index in [9.17, 15) is 0 Å². The second-order valence-corrected chi connectivity index (χ2v) is 4.35. The molecule has 2 atom stereocenters. The second kappa shape index (κ2) is 4.44. The van der Waals surface area contributed by atoms with E-state index in [4.69, 9.17) is 9.47 Å². The van der Waals surface area contributed by atoms with Gasteiger partial charge in [-0.2, -0.15) is 0 Å². The van der Waals surface area contributed by atoms with Crippen molar-refractivity contribution in [3.8, 4) is 5.75 Å². The van der Waals surface area contributed by atoms with Crippen molar-refractivity contribution in [1.82, 2.24) is 5.32 Å². The third kappa shape index (κ3) is 2.06. The molecule has 0 spiro atoms. The van der Waals surface area contributed by atoms with Crippen molar-refractivity contribution >= 4 is 0 Å². The maximum absolute atomic E-state index is 5.79. The van der Waals surface area contributed by atoms with Gasteiger partial charge in [0.25, 0.3) is 0 Å². The lowest BCUT2D eigenvalue weighted by Gasteiger charge is -2.16. The van der Waals surface area contributed by atoms with Gasteiger partial charge in [0.1, 0.15) is 18.1 Å². The molecule has 2 unspecified atom stereocenters. The molecule has 3 heteroatoms. The van der Waals surface area contributed by atoms with Crippen molar-refractivity contribution in [2.75, 3.05) is 13.7 Å². The van der Waals surface area contributed by atoms with Crippen LogP contribution < -0.4 is 10.1 Å². The summed E-state index contributed by atoms with van der Waals surface area (Å²) in [4.78, 5) is 0. The Labute approximate surface area is 96.8 Å². The zero-order valence-corrected chi connectivity index (χ0v) is 10.3. The Morgan fingerprint density at radius 3 is 2.56 bits per heavy atom. The van der Waals surface area contributed by atoms with E-state index in [-0.39, 0.29) is 12.3 Å². The van der Waals surface area contributed by atoms with Crippen LogP contribution in [0, 0.1) is 13.8 Å². The van der Waals surface area contributed by atoms with Crippen LogP contribution in [0.25, 0.3) is 0 Å². The van der Waals surface area contributed by atoms with Crippen LogP contribution in [0.1, 0.15) is 29.7 Å². The minimum atomic E-state index is 0.101. The molecule has 1 aromatic rings. The van der Waals surface area contributed by atoms with Crippen LogP contribution in [0.4, 0.5) is 0 Å². The first-order chi connectivity index (χ1) is 7.61. The molecule has 1 fully saturated rings. The Kier molecular flexibility index (Phi) is 3.17. The molecular weight excluding hydrogens is 202 g/mol. The number of hydrogen-bond donors (Lipinski definition) is 1. The fourth-order valence-corrected chi connectivity index (χ4v) is 2.04. The average Bonchev–Trinajstić information content (AvgIpc) is 2.68. The summed E-state index contributed by atoms with van der Waals surface area (Å²) >= 11 is 0. The molecule has 0 radical (unpaired) electrons. The molecule has 1 aliphatic rings. The molecular formula is C13H19NO2. The molecule has 1 aliphatic heterocycles. The predicted octanol–water partition coefficient (Wildman–Crippen LogP) is 2.32.